The van der Waals surface area contributed by atoms with Gasteiger partial charge < -0.3 is 0 Å². The van der Waals surface area contributed by atoms with Crippen LogP contribution < -0.4 is 0 Å². The summed E-state index contributed by atoms with van der Waals surface area (Å²) < 4.78 is 78.3. The zero-order valence-electron chi connectivity index (χ0n) is 41.8. The lowest BCUT2D eigenvalue weighted by molar-refractivity contribution is 0.931. The van der Waals surface area contributed by atoms with Gasteiger partial charge in [-0.3, -0.25) is 15.0 Å². The molecule has 0 aliphatic heterocycles. The van der Waals surface area contributed by atoms with Crippen molar-refractivity contribution in [3.05, 3.63) is 229 Å². The largest absolute Gasteiger partial charge is 0.256 e. The second-order valence-corrected chi connectivity index (χ2v) is 15.1. The van der Waals surface area contributed by atoms with Gasteiger partial charge in [0.1, 0.15) is 0 Å². The number of rotatable bonds is 11. The fourth-order valence-electron chi connectivity index (χ4n) is 7.96. The van der Waals surface area contributed by atoms with E-state index >= 15 is 0 Å². The fraction of sp³-hybridized carbons (Fsp3) is 0.0702. The molecular formula is C57H42N6. The number of nitrogens with zero attached hydrogens (tertiary/aromatic N) is 6. The van der Waals surface area contributed by atoms with E-state index in [1.165, 1.54) is 6.07 Å². The lowest BCUT2D eigenvalue weighted by atomic mass is 9.89. The molecule has 0 fully saturated rings. The molecule has 0 radical (unpaired) electrons. The first-order chi connectivity index (χ1) is 34.2. The molecule has 63 heavy (non-hydrogen) atoms. The second-order valence-electron chi connectivity index (χ2n) is 15.1. The standard InChI is InChI=1S/C57H42N6/c1-2-11-45(12-3-1)56-61-57-51-38-46(30-31-50(51)55-54(63(57)62-56)17-10-34-60-55)48-13-4-5-14-49(48)47-36-41(20-18-39-22-26-43(27-23-39)52-15-6-8-32-58-52)35-42(37-47)21-19-40-24-28-44(29-25-40)53-16-7-9-33-59-53/h1-17,22-38H,18-21H2/i18D2,19D2,20D2,21D2. The molecule has 0 saturated carbocycles. The van der Waals surface area contributed by atoms with E-state index in [0.29, 0.717) is 39.5 Å². The molecule has 5 aromatic heterocycles. The topological polar surface area (TPSA) is 68.9 Å². The van der Waals surface area contributed by atoms with Crippen LogP contribution in [-0.2, 0) is 25.5 Å². The molecular weight excluding hydrogens is 769 g/mol. The van der Waals surface area contributed by atoms with Crippen molar-refractivity contribution in [1.82, 2.24) is 29.5 Å². The SMILES string of the molecule is [2H]C([2H])(c1ccc(-c2ccccn2)cc1)C([2H])([2H])c1cc(-c2ccccc2-c2ccc3c(c2)c2nc(-c4ccccc4)nn2c2cccnc32)cc(C([2H])([2H])C([2H])([2H])c2ccc(-c3ccccn3)cc2)c1. The van der Waals surface area contributed by atoms with E-state index < -0.39 is 25.5 Å². The molecule has 0 unspecified atom stereocenters. The maximum atomic E-state index is 9.66. The smallest absolute Gasteiger partial charge is 0.182 e. The van der Waals surface area contributed by atoms with Gasteiger partial charge in [0.15, 0.2) is 11.5 Å². The molecule has 0 atom stereocenters. The third kappa shape index (κ3) is 7.75. The Bertz CT molecular complexity index is 3630. The summed E-state index contributed by atoms with van der Waals surface area (Å²) in [5.74, 6) is 0.551. The third-order valence-corrected chi connectivity index (χ3v) is 11.0. The summed E-state index contributed by atoms with van der Waals surface area (Å²) in [4.78, 5) is 18.6. The molecule has 0 amide bonds. The average Bonchev–Trinajstić information content (AvgIpc) is 3.88. The van der Waals surface area contributed by atoms with Gasteiger partial charge in [-0.25, -0.2) is 9.50 Å². The van der Waals surface area contributed by atoms with Crippen LogP contribution in [-0.4, -0.2) is 29.5 Å². The summed E-state index contributed by atoms with van der Waals surface area (Å²) in [6.07, 6.45) is -5.80. The minimum atomic E-state index is -2.78. The van der Waals surface area contributed by atoms with E-state index in [1.54, 1.807) is 91.4 Å². The van der Waals surface area contributed by atoms with Crippen LogP contribution >= 0.6 is 0 Å². The zero-order chi connectivity index (χ0) is 49.1. The van der Waals surface area contributed by atoms with Gasteiger partial charge in [0, 0.05) is 57.0 Å². The maximum Gasteiger partial charge on any atom is 0.182 e. The summed E-state index contributed by atoms with van der Waals surface area (Å²) >= 11 is 0. The van der Waals surface area contributed by atoms with E-state index in [4.69, 9.17) is 15.1 Å². The predicted molar refractivity (Wildman–Crippen MR) is 256 cm³/mol. The quantitative estimate of drug-likeness (QED) is 0.122. The summed E-state index contributed by atoms with van der Waals surface area (Å²) in [6, 6.07) is 55.4. The van der Waals surface area contributed by atoms with Crippen molar-refractivity contribution in [3.63, 3.8) is 0 Å². The molecule has 5 heterocycles. The summed E-state index contributed by atoms with van der Waals surface area (Å²) in [5, 5.41) is 6.58. The van der Waals surface area contributed by atoms with Gasteiger partial charge in [0.05, 0.1) is 22.4 Å². The summed E-state index contributed by atoms with van der Waals surface area (Å²) in [7, 11) is 0. The lowest BCUT2D eigenvalue weighted by Crippen LogP contribution is -1.98. The Morgan fingerprint density at radius 2 is 0.952 bits per heavy atom. The van der Waals surface area contributed by atoms with Crippen LogP contribution in [0.5, 0.6) is 0 Å². The van der Waals surface area contributed by atoms with Gasteiger partial charge >= 0.3 is 0 Å². The Balaban J connectivity index is 1.07. The third-order valence-electron chi connectivity index (χ3n) is 11.0. The molecule has 6 heteroatoms. The highest BCUT2D eigenvalue weighted by molar-refractivity contribution is 6.11. The Hall–Kier alpha value is -8.09. The van der Waals surface area contributed by atoms with Gasteiger partial charge in [-0.05, 0) is 112 Å². The van der Waals surface area contributed by atoms with Crippen LogP contribution in [0.15, 0.2) is 207 Å². The van der Waals surface area contributed by atoms with Crippen LogP contribution in [0.1, 0.15) is 33.2 Å². The van der Waals surface area contributed by atoms with E-state index in [9.17, 15) is 11.0 Å². The van der Waals surface area contributed by atoms with Crippen LogP contribution in [0, 0.1) is 0 Å². The molecule has 0 spiro atoms. The van der Waals surface area contributed by atoms with E-state index in [-0.39, 0.29) is 22.3 Å². The maximum absolute atomic E-state index is 9.66. The Kier molecular flexibility index (Phi) is 7.98. The number of pyridine rings is 4. The predicted octanol–water partition coefficient (Wildman–Crippen LogP) is 13.1. The van der Waals surface area contributed by atoms with E-state index in [0.717, 1.165) is 44.1 Å². The van der Waals surface area contributed by atoms with Crippen LogP contribution in [0.3, 0.4) is 0 Å². The minimum Gasteiger partial charge on any atom is -0.256 e. The minimum absolute atomic E-state index is 0.0641. The van der Waals surface area contributed by atoms with Gasteiger partial charge in [-0.15, -0.1) is 5.10 Å². The van der Waals surface area contributed by atoms with Crippen molar-refractivity contribution in [1.29, 1.82) is 0 Å². The number of aryl methyl sites for hydroxylation is 4. The zero-order valence-corrected chi connectivity index (χ0v) is 33.8. The number of hydrogen-bond donors (Lipinski definition) is 0. The number of aromatic nitrogens is 6. The molecule has 11 aromatic rings. The Morgan fingerprint density at radius 1 is 0.397 bits per heavy atom. The molecule has 0 aliphatic rings. The van der Waals surface area contributed by atoms with Gasteiger partial charge in [-0.1, -0.05) is 146 Å². The molecule has 11 rings (SSSR count). The van der Waals surface area contributed by atoms with Crippen molar-refractivity contribution in [2.45, 2.75) is 25.5 Å². The molecule has 0 aliphatic carbocycles. The molecule has 0 N–H and O–H groups in total. The molecule has 6 nitrogen and oxygen atoms in total. The van der Waals surface area contributed by atoms with E-state index in [2.05, 4.69) is 9.97 Å². The van der Waals surface area contributed by atoms with Crippen LogP contribution in [0.4, 0.5) is 0 Å². The number of hydrogen-bond acceptors (Lipinski definition) is 5. The first kappa shape index (κ1) is 30.0. The van der Waals surface area contributed by atoms with Crippen molar-refractivity contribution < 1.29 is 11.0 Å². The molecule has 6 aromatic carbocycles. The Labute approximate surface area is 377 Å². The lowest BCUT2D eigenvalue weighted by Gasteiger charge is -2.15. The molecule has 300 valence electrons. The second kappa shape index (κ2) is 16.8. The first-order valence-corrected chi connectivity index (χ1v) is 20.6. The fourth-order valence-corrected chi connectivity index (χ4v) is 7.96. The van der Waals surface area contributed by atoms with Crippen molar-refractivity contribution in [3.8, 4) is 56.2 Å². The number of fused-ring (bicyclic) bond motifs is 6. The highest BCUT2D eigenvalue weighted by atomic mass is 15.3. The highest BCUT2D eigenvalue weighted by Crippen LogP contribution is 2.38. The van der Waals surface area contributed by atoms with Gasteiger partial charge in [-0.2, -0.15) is 0 Å². The summed E-state index contributed by atoms with van der Waals surface area (Å²) in [5.41, 5.74) is 8.05. The van der Waals surface area contributed by atoms with Crippen molar-refractivity contribution in [2.75, 3.05) is 0 Å². The average molecular weight is 819 g/mol. The van der Waals surface area contributed by atoms with Gasteiger partial charge in [0.2, 0.25) is 0 Å². The van der Waals surface area contributed by atoms with Crippen LogP contribution in [0.2, 0.25) is 0 Å². The van der Waals surface area contributed by atoms with Crippen LogP contribution in [0.25, 0.3) is 83.6 Å². The molecule has 0 saturated heterocycles. The number of benzene rings is 6. The molecule has 0 bridgehead atoms. The van der Waals surface area contributed by atoms with Gasteiger partial charge in [0.25, 0.3) is 0 Å². The van der Waals surface area contributed by atoms with E-state index in [1.807, 2.05) is 114 Å². The highest BCUT2D eigenvalue weighted by Gasteiger charge is 2.17. The first-order valence-electron chi connectivity index (χ1n) is 24.6. The summed E-state index contributed by atoms with van der Waals surface area (Å²) in [6.45, 7) is 0. The Morgan fingerprint density at radius 3 is 1.57 bits per heavy atom. The normalized spacial score (nSPS) is 14.2. The van der Waals surface area contributed by atoms with Crippen molar-refractivity contribution in [2.24, 2.45) is 0 Å². The van der Waals surface area contributed by atoms with Crippen molar-refractivity contribution >= 4 is 27.5 Å². The monoisotopic (exact) mass is 818 g/mol.